The Morgan fingerprint density at radius 2 is 1.73 bits per heavy atom. The van der Waals surface area contributed by atoms with Gasteiger partial charge in [0.15, 0.2) is 9.84 Å². The summed E-state index contributed by atoms with van der Waals surface area (Å²) in [6.45, 7) is 11.8. The van der Waals surface area contributed by atoms with E-state index in [0.29, 0.717) is 6.54 Å². The molecule has 0 atom stereocenters. The normalized spacial score (nSPS) is 12.9. The molecule has 0 aromatic heterocycles. The van der Waals surface area contributed by atoms with E-state index in [1.807, 2.05) is 13.8 Å². The minimum absolute atomic E-state index is 0.104. The summed E-state index contributed by atoms with van der Waals surface area (Å²) in [5.41, 5.74) is -0.589. The second kappa shape index (κ2) is 9.15. The Morgan fingerprint density at radius 1 is 1.18 bits per heavy atom. The van der Waals surface area contributed by atoms with Crippen molar-refractivity contribution in [2.45, 2.75) is 40.2 Å². The summed E-state index contributed by atoms with van der Waals surface area (Å²) in [5, 5.41) is 1.23. The number of carbonyl (C=O) groups is 1. The standard InChI is InChI=1S/C15H30N2O4S/c1-7-17(8-2)10-9-12-22(19,20)13-11-16(6)14(18)21-15(3,4)5/h9,12H,7-8,10-11,13H2,1-6H3/b12-9+. The molecule has 7 heteroatoms. The van der Waals surface area contributed by atoms with Crippen LogP contribution < -0.4 is 0 Å². The van der Waals surface area contributed by atoms with Crippen LogP contribution in [0.5, 0.6) is 0 Å². The van der Waals surface area contributed by atoms with E-state index < -0.39 is 21.5 Å². The topological polar surface area (TPSA) is 66.9 Å². The first-order valence-electron chi connectivity index (χ1n) is 7.56. The van der Waals surface area contributed by atoms with Crippen molar-refractivity contribution >= 4 is 15.9 Å². The van der Waals surface area contributed by atoms with Crippen molar-refractivity contribution in [2.75, 3.05) is 39.0 Å². The van der Waals surface area contributed by atoms with E-state index in [1.165, 1.54) is 17.4 Å². The number of nitrogens with zero attached hydrogens (tertiary/aromatic N) is 2. The van der Waals surface area contributed by atoms with Crippen LogP contribution in [0, 0.1) is 0 Å². The lowest BCUT2D eigenvalue weighted by atomic mass is 10.2. The Kier molecular flexibility index (Phi) is 8.70. The Bertz CT molecular complexity index is 462. The molecule has 0 saturated carbocycles. The van der Waals surface area contributed by atoms with Gasteiger partial charge in [-0.2, -0.15) is 0 Å². The average Bonchev–Trinajstić information content (AvgIpc) is 2.39. The lowest BCUT2D eigenvalue weighted by Crippen LogP contribution is -2.36. The number of likely N-dealkylation sites (N-methyl/N-ethyl adjacent to an activating group) is 1. The molecule has 0 rings (SSSR count). The molecule has 0 radical (unpaired) electrons. The number of rotatable bonds is 8. The largest absolute Gasteiger partial charge is 0.444 e. The highest BCUT2D eigenvalue weighted by Gasteiger charge is 2.20. The van der Waals surface area contributed by atoms with E-state index in [1.54, 1.807) is 26.8 Å². The molecule has 0 aromatic carbocycles. The van der Waals surface area contributed by atoms with Crippen molar-refractivity contribution in [3.63, 3.8) is 0 Å². The molecule has 22 heavy (non-hydrogen) atoms. The number of carbonyl (C=O) groups excluding carboxylic acids is 1. The highest BCUT2D eigenvalue weighted by molar-refractivity contribution is 7.94. The summed E-state index contributed by atoms with van der Waals surface area (Å²) in [6.07, 6.45) is 1.13. The highest BCUT2D eigenvalue weighted by atomic mass is 32.2. The quantitative estimate of drug-likeness (QED) is 0.680. The molecule has 0 aliphatic carbocycles. The first kappa shape index (κ1) is 20.9. The van der Waals surface area contributed by atoms with Gasteiger partial charge in [-0.15, -0.1) is 0 Å². The van der Waals surface area contributed by atoms with Crippen LogP contribution in [0.1, 0.15) is 34.6 Å². The summed E-state index contributed by atoms with van der Waals surface area (Å²) in [4.78, 5) is 15.1. The minimum Gasteiger partial charge on any atom is -0.444 e. The molecular formula is C15H30N2O4S. The molecule has 1 amide bonds. The van der Waals surface area contributed by atoms with Crippen molar-refractivity contribution in [1.82, 2.24) is 9.80 Å². The van der Waals surface area contributed by atoms with Crippen molar-refractivity contribution in [3.8, 4) is 0 Å². The second-order valence-electron chi connectivity index (χ2n) is 6.13. The Balaban J connectivity index is 4.38. The van der Waals surface area contributed by atoms with Crippen LogP contribution in [0.2, 0.25) is 0 Å². The zero-order valence-corrected chi connectivity index (χ0v) is 15.4. The predicted molar refractivity (Wildman–Crippen MR) is 89.6 cm³/mol. The fourth-order valence-corrected chi connectivity index (χ4v) is 2.63. The van der Waals surface area contributed by atoms with E-state index in [2.05, 4.69) is 4.90 Å². The first-order valence-corrected chi connectivity index (χ1v) is 9.28. The molecule has 0 bridgehead atoms. The summed E-state index contributed by atoms with van der Waals surface area (Å²) in [6, 6.07) is 0. The monoisotopic (exact) mass is 334 g/mol. The van der Waals surface area contributed by atoms with Crippen LogP contribution in [0.3, 0.4) is 0 Å². The lowest BCUT2D eigenvalue weighted by Gasteiger charge is -2.24. The zero-order chi connectivity index (χ0) is 17.4. The van der Waals surface area contributed by atoms with Crippen LogP contribution in [-0.2, 0) is 14.6 Å². The van der Waals surface area contributed by atoms with Gasteiger partial charge in [-0.25, -0.2) is 13.2 Å². The van der Waals surface area contributed by atoms with Crippen LogP contribution >= 0.6 is 0 Å². The number of amides is 1. The van der Waals surface area contributed by atoms with Crippen molar-refractivity contribution in [1.29, 1.82) is 0 Å². The minimum atomic E-state index is -3.32. The molecule has 0 saturated heterocycles. The van der Waals surface area contributed by atoms with Crippen molar-refractivity contribution in [3.05, 3.63) is 11.5 Å². The first-order chi connectivity index (χ1) is 10.0. The Hall–Kier alpha value is -1.08. The summed E-state index contributed by atoms with van der Waals surface area (Å²) in [5.74, 6) is -0.114. The highest BCUT2D eigenvalue weighted by Crippen LogP contribution is 2.09. The van der Waals surface area contributed by atoms with E-state index in [0.717, 1.165) is 13.1 Å². The molecule has 0 aliphatic heterocycles. The molecule has 0 unspecified atom stereocenters. The van der Waals surface area contributed by atoms with Gasteiger partial charge in [0.05, 0.1) is 5.75 Å². The molecule has 0 aliphatic rings. The predicted octanol–water partition coefficient (Wildman–Crippen LogP) is 2.12. The van der Waals surface area contributed by atoms with Crippen LogP contribution in [-0.4, -0.2) is 68.9 Å². The molecule has 0 aromatic rings. The summed E-state index contributed by atoms with van der Waals surface area (Å²) in [7, 11) is -1.79. The molecular weight excluding hydrogens is 304 g/mol. The fraction of sp³-hybridized carbons (Fsp3) is 0.800. The molecule has 0 spiro atoms. The fourth-order valence-electron chi connectivity index (χ4n) is 1.58. The third-order valence-corrected chi connectivity index (χ3v) is 4.34. The van der Waals surface area contributed by atoms with Gasteiger partial charge in [0, 0.05) is 25.5 Å². The summed E-state index contributed by atoms with van der Waals surface area (Å²) >= 11 is 0. The van der Waals surface area contributed by atoms with E-state index in [-0.39, 0.29) is 12.3 Å². The lowest BCUT2D eigenvalue weighted by molar-refractivity contribution is 0.0309. The van der Waals surface area contributed by atoms with Crippen LogP contribution in [0.4, 0.5) is 4.79 Å². The third-order valence-electron chi connectivity index (χ3n) is 2.98. The SMILES string of the molecule is CCN(CC)C/C=C/S(=O)(=O)CCN(C)C(=O)OC(C)(C)C. The van der Waals surface area contributed by atoms with E-state index >= 15 is 0 Å². The van der Waals surface area contributed by atoms with E-state index in [9.17, 15) is 13.2 Å². The van der Waals surface area contributed by atoms with Gasteiger partial charge in [-0.1, -0.05) is 19.9 Å². The number of hydrogen-bond acceptors (Lipinski definition) is 5. The van der Waals surface area contributed by atoms with Gasteiger partial charge in [-0.05, 0) is 33.9 Å². The second-order valence-corrected chi connectivity index (χ2v) is 8.13. The Labute approximate surface area is 135 Å². The van der Waals surface area contributed by atoms with Crippen molar-refractivity contribution in [2.24, 2.45) is 0 Å². The summed E-state index contributed by atoms with van der Waals surface area (Å²) < 4.78 is 29.0. The maximum absolute atomic E-state index is 11.9. The third kappa shape index (κ3) is 9.78. The molecule has 0 heterocycles. The van der Waals surface area contributed by atoms with Gasteiger partial charge < -0.3 is 14.5 Å². The van der Waals surface area contributed by atoms with Crippen LogP contribution in [0.25, 0.3) is 0 Å². The van der Waals surface area contributed by atoms with Crippen molar-refractivity contribution < 1.29 is 17.9 Å². The Morgan fingerprint density at radius 3 is 2.18 bits per heavy atom. The molecule has 130 valence electrons. The maximum Gasteiger partial charge on any atom is 0.410 e. The van der Waals surface area contributed by atoms with Crippen LogP contribution in [0.15, 0.2) is 11.5 Å². The number of sulfone groups is 1. The smallest absolute Gasteiger partial charge is 0.410 e. The number of hydrogen-bond donors (Lipinski definition) is 0. The molecule has 6 nitrogen and oxygen atoms in total. The molecule has 0 fully saturated rings. The van der Waals surface area contributed by atoms with E-state index in [4.69, 9.17) is 4.74 Å². The molecule has 0 N–H and O–H groups in total. The zero-order valence-electron chi connectivity index (χ0n) is 14.6. The average molecular weight is 334 g/mol. The van der Waals surface area contributed by atoms with Gasteiger partial charge in [0.25, 0.3) is 0 Å². The number of ether oxygens (including phenoxy) is 1. The van der Waals surface area contributed by atoms with Gasteiger partial charge >= 0.3 is 6.09 Å². The van der Waals surface area contributed by atoms with Gasteiger partial charge in [-0.3, -0.25) is 0 Å². The van der Waals surface area contributed by atoms with Gasteiger partial charge in [0.2, 0.25) is 0 Å². The maximum atomic E-state index is 11.9. The van der Waals surface area contributed by atoms with Gasteiger partial charge in [0.1, 0.15) is 5.60 Å².